The molecule has 23 heavy (non-hydrogen) atoms. The van der Waals surface area contributed by atoms with E-state index >= 15 is 0 Å². The molecule has 1 aliphatic carbocycles. The molecule has 6 nitrogen and oxygen atoms in total. The van der Waals surface area contributed by atoms with Crippen molar-refractivity contribution in [3.63, 3.8) is 0 Å². The summed E-state index contributed by atoms with van der Waals surface area (Å²) in [6.07, 6.45) is 9.62. The largest absolute Gasteiger partial charge is 0.384 e. The van der Waals surface area contributed by atoms with E-state index in [0.717, 1.165) is 38.9 Å². The molecule has 0 aromatic carbocycles. The Labute approximate surface area is 137 Å². The zero-order chi connectivity index (χ0) is 15.9. The molecule has 1 amide bonds. The Balaban J connectivity index is 1.53. The zero-order valence-electron chi connectivity index (χ0n) is 13.6. The van der Waals surface area contributed by atoms with Gasteiger partial charge in [-0.1, -0.05) is 12.8 Å². The lowest BCUT2D eigenvalue weighted by atomic mass is 9.77. The second-order valence-corrected chi connectivity index (χ2v) is 7.27. The number of carbonyl (C=O) groups excluding carboxylic acids is 1. The minimum Gasteiger partial charge on any atom is -0.384 e. The molecule has 1 aromatic heterocycles. The van der Waals surface area contributed by atoms with E-state index < -0.39 is 0 Å². The first kappa shape index (κ1) is 14.7. The van der Waals surface area contributed by atoms with Crippen LogP contribution in [0.25, 0.3) is 0 Å². The molecule has 1 atom stereocenters. The van der Waals surface area contributed by atoms with Gasteiger partial charge in [0.1, 0.15) is 5.82 Å². The number of anilines is 2. The van der Waals surface area contributed by atoms with E-state index in [0.29, 0.717) is 23.7 Å². The summed E-state index contributed by atoms with van der Waals surface area (Å²) in [5, 5.41) is 0. The van der Waals surface area contributed by atoms with Crippen LogP contribution in [-0.2, 0) is 4.79 Å². The van der Waals surface area contributed by atoms with Crippen LogP contribution in [0.15, 0.2) is 12.3 Å². The number of amides is 1. The van der Waals surface area contributed by atoms with Crippen molar-refractivity contribution in [2.24, 2.45) is 5.41 Å². The highest BCUT2D eigenvalue weighted by atomic mass is 16.2. The van der Waals surface area contributed by atoms with Gasteiger partial charge in [-0.2, -0.15) is 4.98 Å². The smallest absolute Gasteiger partial charge is 0.230 e. The number of likely N-dealkylation sites (tertiary alicyclic amines) is 1. The standard InChI is InChI=1S/C17H25N5O/c18-14-6-9-19-16(20-14)21-11-8-17(12-21)7-3-10-22(15(17)23)13-4-1-2-5-13/h6,9,13H,1-5,7-8,10-12H2,(H2,18,19,20). The van der Waals surface area contributed by atoms with Crippen molar-refractivity contribution in [3.05, 3.63) is 12.3 Å². The van der Waals surface area contributed by atoms with E-state index in [9.17, 15) is 4.79 Å². The van der Waals surface area contributed by atoms with E-state index in [1.807, 2.05) is 0 Å². The SMILES string of the molecule is Nc1ccnc(N2CCC3(CCCN(C4CCCC4)C3=O)C2)n1. The highest BCUT2D eigenvalue weighted by Gasteiger charge is 2.50. The van der Waals surface area contributed by atoms with Crippen molar-refractivity contribution in [3.8, 4) is 0 Å². The first-order valence-electron chi connectivity index (χ1n) is 8.83. The Morgan fingerprint density at radius 1 is 1.17 bits per heavy atom. The van der Waals surface area contributed by atoms with Gasteiger partial charge in [-0.25, -0.2) is 4.98 Å². The van der Waals surface area contributed by atoms with Gasteiger partial charge in [0.15, 0.2) is 0 Å². The molecule has 0 bridgehead atoms. The minimum absolute atomic E-state index is 0.227. The quantitative estimate of drug-likeness (QED) is 0.901. The number of rotatable bonds is 2. The van der Waals surface area contributed by atoms with Crippen LogP contribution in [0.3, 0.4) is 0 Å². The molecule has 1 aromatic rings. The number of piperidine rings is 1. The summed E-state index contributed by atoms with van der Waals surface area (Å²) >= 11 is 0. The summed E-state index contributed by atoms with van der Waals surface area (Å²) in [6, 6.07) is 2.18. The highest BCUT2D eigenvalue weighted by molar-refractivity contribution is 5.85. The molecule has 0 radical (unpaired) electrons. The lowest BCUT2D eigenvalue weighted by Crippen LogP contribution is -2.53. The lowest BCUT2D eigenvalue weighted by Gasteiger charge is -2.42. The van der Waals surface area contributed by atoms with Crippen molar-refractivity contribution >= 4 is 17.7 Å². The Morgan fingerprint density at radius 2 is 2.00 bits per heavy atom. The highest BCUT2D eigenvalue weighted by Crippen LogP contribution is 2.42. The van der Waals surface area contributed by atoms with Gasteiger partial charge in [0.25, 0.3) is 0 Å². The second-order valence-electron chi connectivity index (χ2n) is 7.27. The van der Waals surface area contributed by atoms with Crippen LogP contribution in [0.4, 0.5) is 11.8 Å². The van der Waals surface area contributed by atoms with Gasteiger partial charge in [0.05, 0.1) is 5.41 Å². The van der Waals surface area contributed by atoms with E-state index in [4.69, 9.17) is 5.73 Å². The molecule has 4 rings (SSSR count). The van der Waals surface area contributed by atoms with Gasteiger partial charge < -0.3 is 15.5 Å². The number of aromatic nitrogens is 2. The number of nitrogens with two attached hydrogens (primary N) is 1. The fourth-order valence-corrected chi connectivity index (χ4v) is 4.60. The normalized spacial score (nSPS) is 29.0. The summed E-state index contributed by atoms with van der Waals surface area (Å²) in [5.74, 6) is 1.52. The van der Waals surface area contributed by atoms with Crippen molar-refractivity contribution in [2.45, 2.75) is 51.0 Å². The zero-order valence-corrected chi connectivity index (χ0v) is 13.6. The molecule has 124 valence electrons. The van der Waals surface area contributed by atoms with Crippen LogP contribution >= 0.6 is 0 Å². The van der Waals surface area contributed by atoms with Crippen LogP contribution in [0.5, 0.6) is 0 Å². The van der Waals surface area contributed by atoms with Crippen LogP contribution in [0, 0.1) is 5.41 Å². The van der Waals surface area contributed by atoms with E-state index in [1.54, 1.807) is 12.3 Å². The lowest BCUT2D eigenvalue weighted by molar-refractivity contribution is -0.147. The van der Waals surface area contributed by atoms with Crippen molar-refractivity contribution < 1.29 is 4.79 Å². The molecule has 6 heteroatoms. The Hall–Kier alpha value is -1.85. The fraction of sp³-hybridized carbons (Fsp3) is 0.706. The maximum absolute atomic E-state index is 13.2. The van der Waals surface area contributed by atoms with Gasteiger partial charge in [0.2, 0.25) is 11.9 Å². The van der Waals surface area contributed by atoms with Crippen molar-refractivity contribution in [1.29, 1.82) is 0 Å². The molecule has 1 unspecified atom stereocenters. The third-order valence-corrected chi connectivity index (χ3v) is 5.84. The average Bonchev–Trinajstić information content (AvgIpc) is 3.21. The first-order valence-corrected chi connectivity index (χ1v) is 8.83. The average molecular weight is 315 g/mol. The molecule has 2 saturated heterocycles. The number of hydrogen-bond acceptors (Lipinski definition) is 5. The second kappa shape index (κ2) is 5.65. The van der Waals surface area contributed by atoms with Gasteiger partial charge in [-0.15, -0.1) is 0 Å². The van der Waals surface area contributed by atoms with Gasteiger partial charge in [-0.3, -0.25) is 4.79 Å². The fourth-order valence-electron chi connectivity index (χ4n) is 4.60. The minimum atomic E-state index is -0.227. The molecular weight excluding hydrogens is 290 g/mol. The Morgan fingerprint density at radius 3 is 2.78 bits per heavy atom. The van der Waals surface area contributed by atoms with E-state index in [1.165, 1.54) is 25.7 Å². The monoisotopic (exact) mass is 315 g/mol. The molecule has 2 N–H and O–H groups in total. The molecule has 3 aliphatic rings. The molecule has 1 spiro atoms. The predicted octanol–water partition coefficient (Wildman–Crippen LogP) is 1.82. The molecular formula is C17H25N5O. The number of carbonyl (C=O) groups is 1. The Bertz CT molecular complexity index is 600. The Kier molecular flexibility index (Phi) is 3.62. The summed E-state index contributed by atoms with van der Waals surface area (Å²) < 4.78 is 0. The third kappa shape index (κ3) is 2.54. The van der Waals surface area contributed by atoms with Crippen molar-refractivity contribution in [2.75, 3.05) is 30.3 Å². The van der Waals surface area contributed by atoms with Crippen LogP contribution in [0.1, 0.15) is 44.9 Å². The summed E-state index contributed by atoms with van der Waals surface area (Å²) in [6.45, 7) is 2.52. The number of hydrogen-bond donors (Lipinski definition) is 1. The molecule has 3 heterocycles. The van der Waals surface area contributed by atoms with E-state index in [2.05, 4.69) is 19.8 Å². The predicted molar refractivity (Wildman–Crippen MR) is 88.9 cm³/mol. The van der Waals surface area contributed by atoms with Crippen LogP contribution in [-0.4, -0.2) is 46.5 Å². The van der Waals surface area contributed by atoms with Gasteiger partial charge >= 0.3 is 0 Å². The first-order chi connectivity index (χ1) is 11.2. The molecule has 2 aliphatic heterocycles. The maximum Gasteiger partial charge on any atom is 0.230 e. The van der Waals surface area contributed by atoms with Gasteiger partial charge in [0, 0.05) is 31.9 Å². The van der Waals surface area contributed by atoms with Crippen molar-refractivity contribution in [1.82, 2.24) is 14.9 Å². The number of nitrogen functional groups attached to an aromatic ring is 1. The topological polar surface area (TPSA) is 75.3 Å². The van der Waals surface area contributed by atoms with Gasteiger partial charge in [-0.05, 0) is 38.2 Å². The third-order valence-electron chi connectivity index (χ3n) is 5.84. The summed E-state index contributed by atoms with van der Waals surface area (Å²) in [7, 11) is 0. The van der Waals surface area contributed by atoms with E-state index in [-0.39, 0.29) is 5.41 Å². The number of nitrogens with zero attached hydrogens (tertiary/aromatic N) is 4. The van der Waals surface area contributed by atoms with Crippen LogP contribution in [0.2, 0.25) is 0 Å². The molecule has 1 saturated carbocycles. The summed E-state index contributed by atoms with van der Waals surface area (Å²) in [5.41, 5.74) is 5.55. The summed E-state index contributed by atoms with van der Waals surface area (Å²) in [4.78, 5) is 26.2. The molecule has 3 fully saturated rings. The van der Waals surface area contributed by atoms with Crippen LogP contribution < -0.4 is 10.6 Å². The maximum atomic E-state index is 13.2.